The number of nitrogens with one attached hydrogen (secondary N) is 2. The van der Waals surface area contributed by atoms with Gasteiger partial charge in [-0.25, -0.2) is 9.48 Å². The van der Waals surface area contributed by atoms with Gasteiger partial charge in [0, 0.05) is 13.1 Å². The summed E-state index contributed by atoms with van der Waals surface area (Å²) in [4.78, 5) is 14.2. The second kappa shape index (κ2) is 8.53. The highest BCUT2D eigenvalue weighted by molar-refractivity contribution is 5.88. The van der Waals surface area contributed by atoms with E-state index < -0.39 is 0 Å². The van der Waals surface area contributed by atoms with Gasteiger partial charge in [-0.05, 0) is 25.0 Å². The Morgan fingerprint density at radius 2 is 2.07 bits per heavy atom. The Kier molecular flexibility index (Phi) is 5.90. The van der Waals surface area contributed by atoms with E-state index in [1.807, 2.05) is 28.9 Å². The summed E-state index contributed by atoms with van der Waals surface area (Å²) in [7, 11) is 1.76. The molecular formula is C20H26N6O. The second-order valence-electron chi connectivity index (χ2n) is 6.67. The van der Waals surface area contributed by atoms with E-state index in [-0.39, 0.29) is 12.1 Å². The summed E-state index contributed by atoms with van der Waals surface area (Å²) in [6, 6.07) is 13.7. The van der Waals surface area contributed by atoms with E-state index >= 15 is 0 Å². The third kappa shape index (κ3) is 4.55. The van der Waals surface area contributed by atoms with Crippen molar-refractivity contribution in [2.24, 2.45) is 0 Å². The molecule has 1 atom stereocenters. The van der Waals surface area contributed by atoms with Gasteiger partial charge >= 0.3 is 6.03 Å². The van der Waals surface area contributed by atoms with Gasteiger partial charge in [-0.3, -0.25) is 10.4 Å². The normalized spacial score (nSPS) is 12.0. The standard InChI is InChI=1S/C20H26N6O/c1-4-8-17-13-18(24-23-17)14-25(3)20(27)22-19-11-12-21-26(19)15(2)16-9-6-5-7-10-16/h5-7,9-13,15H,4,8,14H2,1-3H3,(H,22,27)(H,23,24)/t15-/m0/s1. The van der Waals surface area contributed by atoms with Crippen LogP contribution in [0.25, 0.3) is 0 Å². The summed E-state index contributed by atoms with van der Waals surface area (Å²) in [5.41, 5.74) is 3.07. The molecule has 2 N–H and O–H groups in total. The number of rotatable bonds is 7. The molecule has 0 radical (unpaired) electrons. The fourth-order valence-electron chi connectivity index (χ4n) is 3.00. The van der Waals surface area contributed by atoms with Crippen LogP contribution in [0.5, 0.6) is 0 Å². The van der Waals surface area contributed by atoms with Crippen molar-refractivity contribution in [1.82, 2.24) is 24.9 Å². The zero-order valence-corrected chi connectivity index (χ0v) is 16.0. The number of benzene rings is 1. The Labute approximate surface area is 159 Å². The van der Waals surface area contributed by atoms with Crippen molar-refractivity contribution < 1.29 is 4.79 Å². The molecule has 142 valence electrons. The molecule has 0 aliphatic rings. The number of aromatic nitrogens is 4. The van der Waals surface area contributed by atoms with Gasteiger partial charge < -0.3 is 4.90 Å². The number of aryl methyl sites for hydroxylation is 1. The molecule has 7 heteroatoms. The van der Waals surface area contributed by atoms with Crippen molar-refractivity contribution in [1.29, 1.82) is 0 Å². The molecule has 2 heterocycles. The predicted octanol–water partition coefficient (Wildman–Crippen LogP) is 3.83. The van der Waals surface area contributed by atoms with E-state index in [9.17, 15) is 4.79 Å². The number of H-pyrrole nitrogens is 1. The van der Waals surface area contributed by atoms with Crippen LogP contribution in [-0.4, -0.2) is 38.0 Å². The van der Waals surface area contributed by atoms with E-state index in [2.05, 4.69) is 46.6 Å². The van der Waals surface area contributed by atoms with Gasteiger partial charge in [0.1, 0.15) is 5.82 Å². The molecule has 3 rings (SSSR count). The van der Waals surface area contributed by atoms with Crippen molar-refractivity contribution in [3.05, 3.63) is 65.6 Å². The summed E-state index contributed by atoms with van der Waals surface area (Å²) in [6.45, 7) is 4.64. The molecular weight excluding hydrogens is 340 g/mol. The third-order valence-electron chi connectivity index (χ3n) is 4.50. The van der Waals surface area contributed by atoms with Crippen LogP contribution in [0.3, 0.4) is 0 Å². The maximum atomic E-state index is 12.6. The number of urea groups is 1. The van der Waals surface area contributed by atoms with Gasteiger partial charge in [-0.15, -0.1) is 0 Å². The monoisotopic (exact) mass is 366 g/mol. The summed E-state index contributed by atoms with van der Waals surface area (Å²) in [6.07, 6.45) is 3.67. The summed E-state index contributed by atoms with van der Waals surface area (Å²) < 4.78 is 1.82. The Hall–Kier alpha value is -3.09. The Morgan fingerprint density at radius 3 is 2.81 bits per heavy atom. The van der Waals surface area contributed by atoms with Gasteiger partial charge in [0.15, 0.2) is 0 Å². The molecule has 0 spiro atoms. The lowest BCUT2D eigenvalue weighted by molar-refractivity contribution is 0.220. The molecule has 0 bridgehead atoms. The lowest BCUT2D eigenvalue weighted by Crippen LogP contribution is -2.32. The number of anilines is 1. The first kappa shape index (κ1) is 18.7. The first-order valence-electron chi connectivity index (χ1n) is 9.22. The average Bonchev–Trinajstić information content (AvgIpc) is 3.31. The van der Waals surface area contributed by atoms with Crippen molar-refractivity contribution in [2.45, 2.75) is 39.3 Å². The summed E-state index contributed by atoms with van der Waals surface area (Å²) in [5, 5.41) is 14.6. The molecule has 0 fully saturated rings. The molecule has 27 heavy (non-hydrogen) atoms. The largest absolute Gasteiger partial charge is 0.323 e. The topological polar surface area (TPSA) is 78.8 Å². The van der Waals surface area contributed by atoms with Crippen LogP contribution in [0.15, 0.2) is 48.7 Å². The highest BCUT2D eigenvalue weighted by Crippen LogP contribution is 2.21. The number of aromatic amines is 1. The van der Waals surface area contributed by atoms with E-state index in [1.165, 1.54) is 0 Å². The SMILES string of the molecule is CCCc1cc(CN(C)C(=O)Nc2ccnn2[C@@H](C)c2ccccc2)[nH]n1. The zero-order chi connectivity index (χ0) is 19.2. The van der Waals surface area contributed by atoms with Gasteiger partial charge in [0.05, 0.1) is 30.2 Å². The number of hydrogen-bond acceptors (Lipinski definition) is 3. The number of carbonyl (C=O) groups excluding carboxylic acids is 1. The highest BCUT2D eigenvalue weighted by atomic mass is 16.2. The van der Waals surface area contributed by atoms with E-state index in [4.69, 9.17) is 0 Å². The highest BCUT2D eigenvalue weighted by Gasteiger charge is 2.16. The van der Waals surface area contributed by atoms with Crippen molar-refractivity contribution >= 4 is 11.8 Å². The molecule has 0 aliphatic heterocycles. The van der Waals surface area contributed by atoms with Gasteiger partial charge in [-0.2, -0.15) is 10.2 Å². The average molecular weight is 366 g/mol. The smallest absolute Gasteiger partial charge is 0.322 e. The van der Waals surface area contributed by atoms with Gasteiger partial charge in [0.2, 0.25) is 0 Å². The van der Waals surface area contributed by atoms with Crippen molar-refractivity contribution in [2.75, 3.05) is 12.4 Å². The van der Waals surface area contributed by atoms with Crippen LogP contribution in [-0.2, 0) is 13.0 Å². The lowest BCUT2D eigenvalue weighted by atomic mass is 10.1. The molecule has 7 nitrogen and oxygen atoms in total. The van der Waals surface area contributed by atoms with Gasteiger partial charge in [-0.1, -0.05) is 43.7 Å². The second-order valence-corrected chi connectivity index (χ2v) is 6.67. The molecule has 0 aliphatic carbocycles. The molecule has 3 aromatic rings. The Morgan fingerprint density at radius 1 is 1.30 bits per heavy atom. The molecule has 1 aromatic carbocycles. The van der Waals surface area contributed by atoms with E-state index in [0.717, 1.165) is 29.8 Å². The van der Waals surface area contributed by atoms with Crippen LogP contribution in [0, 0.1) is 0 Å². The summed E-state index contributed by atoms with van der Waals surface area (Å²) in [5.74, 6) is 0.666. The maximum Gasteiger partial charge on any atom is 0.323 e. The van der Waals surface area contributed by atoms with E-state index in [0.29, 0.717) is 12.4 Å². The zero-order valence-electron chi connectivity index (χ0n) is 16.0. The number of hydrogen-bond donors (Lipinski definition) is 2. The first-order valence-corrected chi connectivity index (χ1v) is 9.22. The number of carbonyl (C=O) groups is 1. The van der Waals surface area contributed by atoms with Crippen LogP contribution >= 0.6 is 0 Å². The predicted molar refractivity (Wildman–Crippen MR) is 106 cm³/mol. The molecule has 2 aromatic heterocycles. The minimum absolute atomic E-state index is 0.0195. The van der Waals surface area contributed by atoms with Crippen molar-refractivity contribution in [3.63, 3.8) is 0 Å². The van der Waals surface area contributed by atoms with Crippen LogP contribution in [0.2, 0.25) is 0 Å². The van der Waals surface area contributed by atoms with Crippen LogP contribution in [0.4, 0.5) is 10.6 Å². The summed E-state index contributed by atoms with van der Waals surface area (Å²) >= 11 is 0. The number of amides is 2. The van der Waals surface area contributed by atoms with E-state index in [1.54, 1.807) is 24.2 Å². The lowest BCUT2D eigenvalue weighted by Gasteiger charge is -2.20. The Bertz CT molecular complexity index is 869. The fraction of sp³-hybridized carbons (Fsp3) is 0.350. The van der Waals surface area contributed by atoms with Crippen molar-refractivity contribution in [3.8, 4) is 0 Å². The minimum atomic E-state index is -0.191. The molecule has 0 unspecified atom stereocenters. The molecule has 0 saturated heterocycles. The first-order chi connectivity index (χ1) is 13.1. The molecule has 0 saturated carbocycles. The van der Waals surface area contributed by atoms with Crippen LogP contribution in [0.1, 0.15) is 43.3 Å². The number of nitrogens with zero attached hydrogens (tertiary/aromatic N) is 4. The quantitative estimate of drug-likeness (QED) is 0.667. The van der Waals surface area contributed by atoms with Gasteiger partial charge in [0.25, 0.3) is 0 Å². The molecule has 2 amide bonds. The fourth-order valence-corrected chi connectivity index (χ4v) is 3.00. The van der Waals surface area contributed by atoms with Crippen LogP contribution < -0.4 is 5.32 Å². The maximum absolute atomic E-state index is 12.6. The minimum Gasteiger partial charge on any atom is -0.322 e. The Balaban J connectivity index is 1.65. The third-order valence-corrected chi connectivity index (χ3v) is 4.50.